The molecule has 1 heterocycles. The zero-order chi connectivity index (χ0) is 10.7. The lowest BCUT2D eigenvalue weighted by molar-refractivity contribution is 0.588. The molecule has 1 aliphatic heterocycles. The molecule has 0 saturated carbocycles. The summed E-state index contributed by atoms with van der Waals surface area (Å²) >= 11 is 0. The van der Waals surface area contributed by atoms with Crippen molar-refractivity contribution in [1.29, 1.82) is 5.26 Å². The van der Waals surface area contributed by atoms with Crippen LogP contribution in [-0.2, 0) is 0 Å². The number of nitrogens with zero attached hydrogens (tertiary/aromatic N) is 2. The fraction of sp³-hybridized carbons (Fsp3) is 0.417. The molecule has 0 aromatic heterocycles. The maximum atomic E-state index is 8.96. The fourth-order valence-electron chi connectivity index (χ4n) is 1.99. The Hall–Kier alpha value is -1.53. The molecule has 15 heavy (non-hydrogen) atoms. The zero-order valence-corrected chi connectivity index (χ0v) is 8.95. The van der Waals surface area contributed by atoms with Crippen LogP contribution in [0.25, 0.3) is 0 Å². The monoisotopic (exact) mass is 201 g/mol. The highest BCUT2D eigenvalue weighted by Gasteiger charge is 2.13. The van der Waals surface area contributed by atoms with E-state index in [1.54, 1.807) is 0 Å². The molecule has 3 heteroatoms. The lowest BCUT2D eigenvalue weighted by Gasteiger charge is -2.30. The number of hydrogen-bond acceptors (Lipinski definition) is 3. The molecule has 1 saturated heterocycles. The summed E-state index contributed by atoms with van der Waals surface area (Å²) in [5.41, 5.74) is 3.09. The average molecular weight is 201 g/mol. The van der Waals surface area contributed by atoms with Gasteiger partial charge in [-0.2, -0.15) is 5.26 Å². The Labute approximate surface area is 90.3 Å². The average Bonchev–Trinajstić information content (AvgIpc) is 2.30. The molecule has 1 N–H and O–H groups in total. The molecule has 78 valence electrons. The largest absolute Gasteiger partial charge is 0.369 e. The first-order chi connectivity index (χ1) is 7.33. The molecule has 0 spiro atoms. The molecule has 0 aliphatic carbocycles. The summed E-state index contributed by atoms with van der Waals surface area (Å²) in [5.74, 6) is 0. The minimum atomic E-state index is 0.783. The summed E-state index contributed by atoms with van der Waals surface area (Å²) in [6.45, 7) is 6.12. The number of nitriles is 1. The van der Waals surface area contributed by atoms with Crippen LogP contribution in [0.15, 0.2) is 18.2 Å². The molecule has 0 bridgehead atoms. The first-order valence-corrected chi connectivity index (χ1v) is 5.28. The Balaban J connectivity index is 2.31. The Morgan fingerprint density at radius 2 is 2.07 bits per heavy atom. The molecule has 0 amide bonds. The van der Waals surface area contributed by atoms with Crippen molar-refractivity contribution in [3.05, 3.63) is 29.3 Å². The minimum absolute atomic E-state index is 0.783. The summed E-state index contributed by atoms with van der Waals surface area (Å²) in [7, 11) is 0. The highest BCUT2D eigenvalue weighted by Crippen LogP contribution is 2.22. The van der Waals surface area contributed by atoms with Gasteiger partial charge in [0.15, 0.2) is 0 Å². The lowest BCUT2D eigenvalue weighted by Crippen LogP contribution is -2.43. The van der Waals surface area contributed by atoms with E-state index >= 15 is 0 Å². The van der Waals surface area contributed by atoms with Crippen LogP contribution in [0.2, 0.25) is 0 Å². The molecule has 1 aromatic rings. The number of benzene rings is 1. The van der Waals surface area contributed by atoms with Crippen LogP contribution in [0.5, 0.6) is 0 Å². The molecule has 0 atom stereocenters. The van der Waals surface area contributed by atoms with E-state index in [1.807, 2.05) is 19.1 Å². The van der Waals surface area contributed by atoms with E-state index in [0.717, 1.165) is 37.3 Å². The van der Waals surface area contributed by atoms with Gasteiger partial charge in [0, 0.05) is 31.9 Å². The zero-order valence-electron chi connectivity index (χ0n) is 8.95. The topological polar surface area (TPSA) is 39.1 Å². The van der Waals surface area contributed by atoms with Gasteiger partial charge in [0.25, 0.3) is 0 Å². The summed E-state index contributed by atoms with van der Waals surface area (Å²) in [5, 5.41) is 12.3. The molecule has 1 aliphatic rings. The van der Waals surface area contributed by atoms with E-state index in [2.05, 4.69) is 22.4 Å². The molecule has 1 fully saturated rings. The second-order valence-corrected chi connectivity index (χ2v) is 3.80. The van der Waals surface area contributed by atoms with Crippen LogP contribution < -0.4 is 10.2 Å². The number of anilines is 1. The van der Waals surface area contributed by atoms with Gasteiger partial charge in [-0.3, -0.25) is 0 Å². The third-order valence-electron chi connectivity index (χ3n) is 2.88. The van der Waals surface area contributed by atoms with Crippen LogP contribution in [0.3, 0.4) is 0 Å². The summed E-state index contributed by atoms with van der Waals surface area (Å²) < 4.78 is 0. The van der Waals surface area contributed by atoms with Crippen molar-refractivity contribution in [2.24, 2.45) is 0 Å². The second kappa shape index (κ2) is 4.33. The number of rotatable bonds is 1. The highest BCUT2D eigenvalue weighted by molar-refractivity contribution is 5.59. The van der Waals surface area contributed by atoms with Gasteiger partial charge in [-0.05, 0) is 24.6 Å². The smallest absolute Gasteiger partial charge is 0.0995 e. The van der Waals surface area contributed by atoms with Gasteiger partial charge in [0.1, 0.15) is 0 Å². The van der Waals surface area contributed by atoms with Gasteiger partial charge in [0.2, 0.25) is 0 Å². The van der Waals surface area contributed by atoms with Crippen molar-refractivity contribution in [2.45, 2.75) is 6.92 Å². The fourth-order valence-corrected chi connectivity index (χ4v) is 1.99. The van der Waals surface area contributed by atoms with Gasteiger partial charge in [-0.1, -0.05) is 6.07 Å². The van der Waals surface area contributed by atoms with E-state index in [4.69, 9.17) is 5.26 Å². The number of hydrogen-bond donors (Lipinski definition) is 1. The predicted octanol–water partition coefficient (Wildman–Crippen LogP) is 1.28. The van der Waals surface area contributed by atoms with Crippen LogP contribution in [0, 0.1) is 18.3 Å². The van der Waals surface area contributed by atoms with Gasteiger partial charge in [-0.25, -0.2) is 0 Å². The number of nitrogens with one attached hydrogen (secondary N) is 1. The van der Waals surface area contributed by atoms with E-state index in [9.17, 15) is 0 Å². The summed E-state index contributed by atoms with van der Waals surface area (Å²) in [6, 6.07) is 8.17. The molecule has 1 aromatic carbocycles. The quantitative estimate of drug-likeness (QED) is 0.744. The highest BCUT2D eigenvalue weighted by atomic mass is 15.2. The van der Waals surface area contributed by atoms with Crippen molar-refractivity contribution in [2.75, 3.05) is 31.1 Å². The van der Waals surface area contributed by atoms with E-state index in [1.165, 1.54) is 5.69 Å². The number of piperazine rings is 1. The van der Waals surface area contributed by atoms with Crippen molar-refractivity contribution in [3.63, 3.8) is 0 Å². The Morgan fingerprint density at radius 1 is 1.33 bits per heavy atom. The Morgan fingerprint density at radius 3 is 2.73 bits per heavy atom. The molecule has 0 radical (unpaired) electrons. The third kappa shape index (κ3) is 1.95. The van der Waals surface area contributed by atoms with Gasteiger partial charge >= 0.3 is 0 Å². The Kier molecular flexibility index (Phi) is 2.89. The maximum Gasteiger partial charge on any atom is 0.0995 e. The molecule has 0 unspecified atom stereocenters. The van der Waals surface area contributed by atoms with E-state index < -0.39 is 0 Å². The normalized spacial score (nSPS) is 16.1. The Bertz CT molecular complexity index is 386. The van der Waals surface area contributed by atoms with Crippen molar-refractivity contribution >= 4 is 5.69 Å². The van der Waals surface area contributed by atoms with Crippen molar-refractivity contribution < 1.29 is 0 Å². The molecular formula is C12H15N3. The van der Waals surface area contributed by atoms with Gasteiger partial charge in [-0.15, -0.1) is 0 Å². The van der Waals surface area contributed by atoms with Crippen LogP contribution in [0.4, 0.5) is 5.69 Å². The third-order valence-corrected chi connectivity index (χ3v) is 2.88. The van der Waals surface area contributed by atoms with Crippen LogP contribution in [-0.4, -0.2) is 26.2 Å². The predicted molar refractivity (Wildman–Crippen MR) is 61.0 cm³/mol. The first kappa shape index (κ1) is 10.0. The SMILES string of the molecule is Cc1c(C#N)cccc1N1CCNCC1. The molecule has 3 nitrogen and oxygen atoms in total. The van der Waals surface area contributed by atoms with E-state index in [0.29, 0.717) is 0 Å². The van der Waals surface area contributed by atoms with Gasteiger partial charge < -0.3 is 10.2 Å². The minimum Gasteiger partial charge on any atom is -0.369 e. The maximum absolute atomic E-state index is 8.96. The van der Waals surface area contributed by atoms with Crippen molar-refractivity contribution in [1.82, 2.24) is 5.32 Å². The summed E-state index contributed by atoms with van der Waals surface area (Å²) in [4.78, 5) is 2.34. The molecule has 2 rings (SSSR count). The van der Waals surface area contributed by atoms with Crippen LogP contribution >= 0.6 is 0 Å². The van der Waals surface area contributed by atoms with Crippen LogP contribution in [0.1, 0.15) is 11.1 Å². The first-order valence-electron chi connectivity index (χ1n) is 5.28. The standard InChI is InChI=1S/C12H15N3/c1-10-11(9-13)3-2-4-12(10)15-7-5-14-6-8-15/h2-4,14H,5-8H2,1H3. The molecular weight excluding hydrogens is 186 g/mol. The van der Waals surface area contributed by atoms with Gasteiger partial charge in [0.05, 0.1) is 11.6 Å². The van der Waals surface area contributed by atoms with Crippen molar-refractivity contribution in [3.8, 4) is 6.07 Å². The second-order valence-electron chi connectivity index (χ2n) is 3.80. The van der Waals surface area contributed by atoms with E-state index in [-0.39, 0.29) is 0 Å². The summed E-state index contributed by atoms with van der Waals surface area (Å²) in [6.07, 6.45) is 0. The lowest BCUT2D eigenvalue weighted by atomic mass is 10.1.